The average molecular weight is 313 g/mol. The summed E-state index contributed by atoms with van der Waals surface area (Å²) < 4.78 is 11.2. The molecule has 1 aromatic carbocycles. The predicted molar refractivity (Wildman–Crippen MR) is 83.9 cm³/mol. The number of ether oxygens (including phenoxy) is 2. The molecule has 1 aromatic rings. The van der Waals surface area contributed by atoms with Crippen LogP contribution < -0.4 is 4.90 Å². The van der Waals surface area contributed by atoms with E-state index in [1.807, 2.05) is 43.3 Å². The Labute approximate surface area is 134 Å². The topological polar surface area (TPSA) is 55.8 Å². The van der Waals surface area contributed by atoms with Crippen LogP contribution in [-0.2, 0) is 19.1 Å². The summed E-state index contributed by atoms with van der Waals surface area (Å²) in [6.45, 7) is 4.52. The van der Waals surface area contributed by atoms with Crippen LogP contribution in [0.25, 0.3) is 0 Å². The van der Waals surface area contributed by atoms with E-state index in [0.717, 1.165) is 11.3 Å². The lowest BCUT2D eigenvalue weighted by molar-refractivity contribution is -0.151. The van der Waals surface area contributed by atoms with E-state index in [1.54, 1.807) is 11.8 Å². The summed E-state index contributed by atoms with van der Waals surface area (Å²) in [5, 5.41) is 0. The molecule has 5 heteroatoms. The summed E-state index contributed by atoms with van der Waals surface area (Å²) in [7, 11) is 0. The average Bonchev–Trinajstić information content (AvgIpc) is 3.16. The SMILES string of the molecule is CCOC(=O)[C@H]1[C@H]2C=C[C@@]3(CN(c4cccc(C)c4)C(=O)[C@@H]13)O2. The van der Waals surface area contributed by atoms with Crippen LogP contribution in [0.5, 0.6) is 0 Å². The molecular weight excluding hydrogens is 294 g/mol. The highest BCUT2D eigenvalue weighted by atomic mass is 16.6. The van der Waals surface area contributed by atoms with Crippen molar-refractivity contribution in [1.82, 2.24) is 0 Å². The molecule has 4 rings (SSSR count). The zero-order valence-electron chi connectivity index (χ0n) is 13.2. The lowest BCUT2D eigenvalue weighted by Crippen LogP contribution is -2.40. The third-order valence-electron chi connectivity index (χ3n) is 4.97. The molecule has 3 aliphatic heterocycles. The summed E-state index contributed by atoms with van der Waals surface area (Å²) >= 11 is 0. The second-order valence-corrected chi connectivity index (χ2v) is 6.42. The number of rotatable bonds is 3. The van der Waals surface area contributed by atoms with Gasteiger partial charge in [0.1, 0.15) is 11.5 Å². The van der Waals surface area contributed by atoms with Crippen LogP contribution in [0.4, 0.5) is 5.69 Å². The first-order valence-corrected chi connectivity index (χ1v) is 7.97. The van der Waals surface area contributed by atoms with E-state index >= 15 is 0 Å². The van der Waals surface area contributed by atoms with Gasteiger partial charge < -0.3 is 14.4 Å². The molecule has 2 bridgehead atoms. The van der Waals surface area contributed by atoms with Gasteiger partial charge in [-0.1, -0.05) is 24.3 Å². The predicted octanol–water partition coefficient (Wildman–Crippen LogP) is 1.84. The van der Waals surface area contributed by atoms with Crippen molar-refractivity contribution in [2.24, 2.45) is 11.8 Å². The highest BCUT2D eigenvalue weighted by Gasteiger charge is 2.67. The molecule has 23 heavy (non-hydrogen) atoms. The van der Waals surface area contributed by atoms with Crippen molar-refractivity contribution in [3.8, 4) is 0 Å². The summed E-state index contributed by atoms with van der Waals surface area (Å²) in [6, 6.07) is 7.82. The van der Waals surface area contributed by atoms with Crippen molar-refractivity contribution < 1.29 is 19.1 Å². The van der Waals surface area contributed by atoms with E-state index in [1.165, 1.54) is 0 Å². The van der Waals surface area contributed by atoms with Crippen molar-refractivity contribution in [3.05, 3.63) is 42.0 Å². The van der Waals surface area contributed by atoms with Gasteiger partial charge in [-0.2, -0.15) is 0 Å². The van der Waals surface area contributed by atoms with Crippen LogP contribution >= 0.6 is 0 Å². The highest BCUT2D eigenvalue weighted by molar-refractivity contribution is 6.02. The van der Waals surface area contributed by atoms with Crippen molar-refractivity contribution in [2.45, 2.75) is 25.6 Å². The number of hydrogen-bond donors (Lipinski definition) is 0. The molecule has 0 unspecified atom stereocenters. The standard InChI is InChI=1S/C18H19NO4/c1-3-22-17(21)14-13-7-8-18(23-13)10-19(16(20)15(14)18)12-6-4-5-11(2)9-12/h4-9,13-15H,3,10H2,1-2H3/t13-,14+,15-,18+/m1/s1. The maximum absolute atomic E-state index is 13.0. The molecule has 3 heterocycles. The van der Waals surface area contributed by atoms with Gasteiger partial charge in [0.25, 0.3) is 0 Å². The Morgan fingerprint density at radius 1 is 1.48 bits per heavy atom. The second kappa shape index (κ2) is 4.93. The molecule has 3 aliphatic rings. The number of esters is 1. The van der Waals surface area contributed by atoms with Crippen molar-refractivity contribution >= 4 is 17.6 Å². The van der Waals surface area contributed by atoms with Gasteiger partial charge in [-0.25, -0.2) is 0 Å². The summed E-state index contributed by atoms with van der Waals surface area (Å²) in [5.41, 5.74) is 1.25. The van der Waals surface area contributed by atoms with E-state index in [9.17, 15) is 9.59 Å². The lowest BCUT2D eigenvalue weighted by atomic mass is 9.77. The maximum atomic E-state index is 13.0. The summed E-state index contributed by atoms with van der Waals surface area (Å²) in [4.78, 5) is 27.0. The first-order chi connectivity index (χ1) is 11.1. The first kappa shape index (κ1) is 14.5. The number of hydrogen-bond acceptors (Lipinski definition) is 4. The molecule has 0 saturated carbocycles. The van der Waals surface area contributed by atoms with Gasteiger partial charge >= 0.3 is 5.97 Å². The number of benzene rings is 1. The third-order valence-corrected chi connectivity index (χ3v) is 4.97. The number of carbonyl (C=O) groups is 2. The number of fused-ring (bicyclic) bond motifs is 1. The van der Waals surface area contributed by atoms with Crippen LogP contribution in [0, 0.1) is 18.8 Å². The van der Waals surface area contributed by atoms with E-state index in [4.69, 9.17) is 9.47 Å². The monoisotopic (exact) mass is 313 g/mol. The zero-order valence-corrected chi connectivity index (χ0v) is 13.2. The smallest absolute Gasteiger partial charge is 0.312 e. The van der Waals surface area contributed by atoms with E-state index in [0.29, 0.717) is 13.2 Å². The van der Waals surface area contributed by atoms with Gasteiger partial charge in [0.05, 0.1) is 25.2 Å². The quantitative estimate of drug-likeness (QED) is 0.631. The minimum absolute atomic E-state index is 0.0551. The molecule has 4 atom stereocenters. The summed E-state index contributed by atoms with van der Waals surface area (Å²) in [6.07, 6.45) is 3.50. The van der Waals surface area contributed by atoms with Crippen LogP contribution in [0.15, 0.2) is 36.4 Å². The fourth-order valence-corrected chi connectivity index (χ4v) is 4.02. The number of aryl methyl sites for hydroxylation is 1. The maximum Gasteiger partial charge on any atom is 0.312 e. The number of nitrogens with zero attached hydrogens (tertiary/aromatic N) is 1. The molecular formula is C18H19NO4. The molecule has 0 N–H and O–H groups in total. The van der Waals surface area contributed by atoms with Gasteiger partial charge in [-0.15, -0.1) is 0 Å². The molecule has 5 nitrogen and oxygen atoms in total. The Morgan fingerprint density at radius 2 is 2.30 bits per heavy atom. The van der Waals surface area contributed by atoms with Crippen LogP contribution in [0.1, 0.15) is 12.5 Å². The number of amides is 1. The van der Waals surface area contributed by atoms with Crippen LogP contribution in [0.2, 0.25) is 0 Å². The largest absolute Gasteiger partial charge is 0.466 e. The van der Waals surface area contributed by atoms with Crippen LogP contribution in [-0.4, -0.2) is 36.7 Å². The minimum Gasteiger partial charge on any atom is -0.466 e. The zero-order chi connectivity index (χ0) is 16.2. The van der Waals surface area contributed by atoms with E-state index < -0.39 is 17.4 Å². The Bertz CT molecular complexity index is 713. The van der Waals surface area contributed by atoms with Crippen LogP contribution in [0.3, 0.4) is 0 Å². The molecule has 2 saturated heterocycles. The van der Waals surface area contributed by atoms with Crippen molar-refractivity contribution in [3.63, 3.8) is 0 Å². The van der Waals surface area contributed by atoms with Crippen molar-refractivity contribution in [2.75, 3.05) is 18.1 Å². The fraction of sp³-hybridized carbons (Fsp3) is 0.444. The Hall–Kier alpha value is -2.14. The summed E-state index contributed by atoms with van der Waals surface area (Å²) in [5.74, 6) is -1.42. The third kappa shape index (κ3) is 1.96. The van der Waals surface area contributed by atoms with Gasteiger partial charge in [0.15, 0.2) is 0 Å². The van der Waals surface area contributed by atoms with E-state index in [-0.39, 0.29) is 18.0 Å². The highest BCUT2D eigenvalue weighted by Crippen LogP contribution is 2.52. The lowest BCUT2D eigenvalue weighted by Gasteiger charge is -2.22. The molecule has 1 spiro atoms. The normalized spacial score (nSPS) is 34.1. The van der Waals surface area contributed by atoms with Gasteiger partial charge in [-0.05, 0) is 31.5 Å². The Morgan fingerprint density at radius 3 is 3.04 bits per heavy atom. The first-order valence-electron chi connectivity index (χ1n) is 7.97. The molecule has 120 valence electrons. The molecule has 1 amide bonds. The molecule has 0 aromatic heterocycles. The Kier molecular flexibility index (Phi) is 3.10. The van der Waals surface area contributed by atoms with E-state index in [2.05, 4.69) is 0 Å². The molecule has 0 radical (unpaired) electrons. The number of carbonyl (C=O) groups excluding carboxylic acids is 2. The number of anilines is 1. The minimum atomic E-state index is -0.692. The van der Waals surface area contributed by atoms with Gasteiger partial charge in [0, 0.05) is 5.69 Å². The molecule has 0 aliphatic carbocycles. The fourth-order valence-electron chi connectivity index (χ4n) is 4.02. The van der Waals surface area contributed by atoms with Gasteiger partial charge in [-0.3, -0.25) is 9.59 Å². The van der Waals surface area contributed by atoms with Crippen molar-refractivity contribution in [1.29, 1.82) is 0 Å². The second-order valence-electron chi connectivity index (χ2n) is 6.42. The Balaban J connectivity index is 1.70. The molecule has 2 fully saturated rings. The van der Waals surface area contributed by atoms with Gasteiger partial charge in [0.2, 0.25) is 5.91 Å².